The van der Waals surface area contributed by atoms with Gasteiger partial charge in [-0.3, -0.25) is 9.59 Å². The first-order valence-corrected chi connectivity index (χ1v) is 5.83. The highest BCUT2D eigenvalue weighted by atomic mass is 16.5. The number of hydrogen-bond acceptors (Lipinski definition) is 3. The van der Waals surface area contributed by atoms with Gasteiger partial charge in [-0.05, 0) is 18.6 Å². The van der Waals surface area contributed by atoms with Crippen molar-refractivity contribution in [2.24, 2.45) is 5.92 Å². The van der Waals surface area contributed by atoms with E-state index in [9.17, 15) is 9.59 Å². The number of ether oxygens (including phenoxy) is 1. The fraction of sp³-hybridized carbons (Fsp3) is 0.286. The Kier molecular flexibility index (Phi) is 3.77. The van der Waals surface area contributed by atoms with Crippen LogP contribution >= 0.6 is 0 Å². The van der Waals surface area contributed by atoms with Gasteiger partial charge in [0.1, 0.15) is 0 Å². The lowest BCUT2D eigenvalue weighted by atomic mass is 10.1. The monoisotopic (exact) mass is 245 g/mol. The molecule has 0 radical (unpaired) electrons. The van der Waals surface area contributed by atoms with E-state index >= 15 is 0 Å². The van der Waals surface area contributed by atoms with E-state index < -0.39 is 0 Å². The Balaban J connectivity index is 1.91. The van der Waals surface area contributed by atoms with Gasteiger partial charge >= 0.3 is 5.97 Å². The molecule has 94 valence electrons. The molecule has 0 heterocycles. The second-order valence-electron chi connectivity index (χ2n) is 4.20. The Morgan fingerprint density at radius 1 is 1.22 bits per heavy atom. The Morgan fingerprint density at radius 3 is 2.61 bits per heavy atom. The minimum absolute atomic E-state index is 0.109. The molecular weight excluding hydrogens is 230 g/mol. The largest absolute Gasteiger partial charge is 0.469 e. The van der Waals surface area contributed by atoms with Crippen molar-refractivity contribution in [3.8, 4) is 0 Å². The van der Waals surface area contributed by atoms with E-state index in [1.807, 2.05) is 24.3 Å². The van der Waals surface area contributed by atoms with Crippen LogP contribution in [-0.2, 0) is 9.53 Å². The predicted molar refractivity (Wildman–Crippen MR) is 67.0 cm³/mol. The van der Waals surface area contributed by atoms with Gasteiger partial charge in [-0.15, -0.1) is 0 Å². The number of esters is 1. The first-order valence-electron chi connectivity index (χ1n) is 5.83. The van der Waals surface area contributed by atoms with Crippen LogP contribution in [0.5, 0.6) is 0 Å². The molecule has 4 nitrogen and oxygen atoms in total. The van der Waals surface area contributed by atoms with E-state index in [0.717, 1.165) is 0 Å². The lowest BCUT2D eigenvalue weighted by Crippen LogP contribution is -2.33. The molecule has 4 heteroatoms. The standard InChI is InChI=1S/C14H15NO3/c1-18-14(17)11-7-8-12(9-11)15-13(16)10-5-3-2-4-6-10/h2-8,11-12H,9H2,1H3,(H,15,16). The molecule has 0 saturated carbocycles. The molecular formula is C14H15NO3. The second-order valence-corrected chi connectivity index (χ2v) is 4.20. The van der Waals surface area contributed by atoms with Crippen LogP contribution in [-0.4, -0.2) is 25.0 Å². The Morgan fingerprint density at radius 2 is 1.94 bits per heavy atom. The normalized spacial score (nSPS) is 21.6. The van der Waals surface area contributed by atoms with Gasteiger partial charge in [0.25, 0.3) is 5.91 Å². The Hall–Kier alpha value is -2.10. The summed E-state index contributed by atoms with van der Waals surface area (Å²) in [4.78, 5) is 23.2. The molecule has 0 aliphatic heterocycles. The predicted octanol–water partition coefficient (Wildman–Crippen LogP) is 1.53. The molecule has 2 rings (SSSR count). The van der Waals surface area contributed by atoms with Gasteiger partial charge in [0, 0.05) is 11.6 Å². The smallest absolute Gasteiger partial charge is 0.312 e. The number of nitrogens with one attached hydrogen (secondary N) is 1. The zero-order chi connectivity index (χ0) is 13.0. The van der Waals surface area contributed by atoms with Crippen molar-refractivity contribution in [1.82, 2.24) is 5.32 Å². The van der Waals surface area contributed by atoms with Crippen LogP contribution in [0.1, 0.15) is 16.8 Å². The van der Waals surface area contributed by atoms with Crippen molar-refractivity contribution in [1.29, 1.82) is 0 Å². The van der Waals surface area contributed by atoms with Crippen molar-refractivity contribution in [3.63, 3.8) is 0 Å². The molecule has 0 saturated heterocycles. The number of benzene rings is 1. The number of methoxy groups -OCH3 is 1. The fourth-order valence-corrected chi connectivity index (χ4v) is 1.97. The SMILES string of the molecule is COC(=O)C1C=CC(NC(=O)c2ccccc2)C1. The maximum Gasteiger partial charge on any atom is 0.312 e. The summed E-state index contributed by atoms with van der Waals surface area (Å²) in [5.41, 5.74) is 0.618. The zero-order valence-corrected chi connectivity index (χ0v) is 10.1. The van der Waals surface area contributed by atoms with E-state index in [1.165, 1.54) is 7.11 Å². The van der Waals surface area contributed by atoms with Crippen molar-refractivity contribution in [2.45, 2.75) is 12.5 Å². The third-order valence-corrected chi connectivity index (χ3v) is 2.94. The van der Waals surface area contributed by atoms with E-state index in [0.29, 0.717) is 12.0 Å². The van der Waals surface area contributed by atoms with E-state index in [4.69, 9.17) is 0 Å². The highest BCUT2D eigenvalue weighted by Gasteiger charge is 2.26. The number of hydrogen-bond donors (Lipinski definition) is 1. The van der Waals surface area contributed by atoms with Crippen molar-refractivity contribution < 1.29 is 14.3 Å². The molecule has 1 aliphatic carbocycles. The summed E-state index contributed by atoms with van der Waals surface area (Å²) in [7, 11) is 1.37. The molecule has 1 aliphatic rings. The number of carbonyl (C=O) groups is 2. The van der Waals surface area contributed by atoms with Gasteiger partial charge in [0.15, 0.2) is 0 Å². The van der Waals surface area contributed by atoms with Crippen LogP contribution in [0.2, 0.25) is 0 Å². The summed E-state index contributed by atoms with van der Waals surface area (Å²) < 4.78 is 4.67. The summed E-state index contributed by atoms with van der Waals surface area (Å²) in [5.74, 6) is -0.644. The van der Waals surface area contributed by atoms with Crippen molar-refractivity contribution in [2.75, 3.05) is 7.11 Å². The van der Waals surface area contributed by atoms with Crippen LogP contribution in [0.15, 0.2) is 42.5 Å². The van der Waals surface area contributed by atoms with Crippen LogP contribution in [0, 0.1) is 5.92 Å². The van der Waals surface area contributed by atoms with E-state index in [-0.39, 0.29) is 23.8 Å². The second kappa shape index (κ2) is 5.49. The Bertz CT molecular complexity index is 467. The molecule has 0 spiro atoms. The highest BCUT2D eigenvalue weighted by Crippen LogP contribution is 2.19. The van der Waals surface area contributed by atoms with Crippen molar-refractivity contribution >= 4 is 11.9 Å². The summed E-state index contributed by atoms with van der Waals surface area (Å²) in [6.07, 6.45) is 4.18. The van der Waals surface area contributed by atoms with Gasteiger partial charge in [0.2, 0.25) is 0 Å². The minimum Gasteiger partial charge on any atom is -0.469 e. The Labute approximate surface area is 106 Å². The summed E-state index contributed by atoms with van der Waals surface area (Å²) in [5, 5.41) is 2.87. The lowest BCUT2D eigenvalue weighted by molar-refractivity contribution is -0.143. The van der Waals surface area contributed by atoms with Crippen LogP contribution in [0.4, 0.5) is 0 Å². The maximum absolute atomic E-state index is 11.9. The molecule has 1 aromatic rings. The quantitative estimate of drug-likeness (QED) is 0.649. The van der Waals surface area contributed by atoms with Gasteiger partial charge in [-0.2, -0.15) is 0 Å². The molecule has 18 heavy (non-hydrogen) atoms. The van der Waals surface area contributed by atoms with Crippen LogP contribution in [0.25, 0.3) is 0 Å². The number of carbonyl (C=O) groups excluding carboxylic acids is 2. The van der Waals surface area contributed by atoms with Crippen LogP contribution in [0.3, 0.4) is 0 Å². The topological polar surface area (TPSA) is 55.4 Å². The summed E-state index contributed by atoms with van der Waals surface area (Å²) >= 11 is 0. The highest BCUT2D eigenvalue weighted by molar-refractivity contribution is 5.94. The average Bonchev–Trinajstić information content (AvgIpc) is 2.87. The molecule has 1 aromatic carbocycles. The van der Waals surface area contributed by atoms with E-state index in [2.05, 4.69) is 10.1 Å². The molecule has 1 amide bonds. The van der Waals surface area contributed by atoms with E-state index in [1.54, 1.807) is 18.2 Å². The molecule has 0 fully saturated rings. The van der Waals surface area contributed by atoms with Gasteiger partial charge in [0.05, 0.1) is 13.0 Å². The zero-order valence-electron chi connectivity index (χ0n) is 10.1. The molecule has 0 bridgehead atoms. The van der Waals surface area contributed by atoms with Gasteiger partial charge in [-0.1, -0.05) is 30.4 Å². The summed E-state index contributed by atoms with van der Waals surface area (Å²) in [6, 6.07) is 8.89. The third-order valence-electron chi connectivity index (χ3n) is 2.94. The van der Waals surface area contributed by atoms with Crippen molar-refractivity contribution in [3.05, 3.63) is 48.0 Å². The molecule has 2 unspecified atom stereocenters. The van der Waals surface area contributed by atoms with Crippen LogP contribution < -0.4 is 5.32 Å². The minimum atomic E-state index is -0.261. The summed E-state index contributed by atoms with van der Waals surface area (Å²) in [6.45, 7) is 0. The third kappa shape index (κ3) is 2.77. The number of amides is 1. The van der Waals surface area contributed by atoms with Gasteiger partial charge < -0.3 is 10.1 Å². The van der Waals surface area contributed by atoms with Gasteiger partial charge in [-0.25, -0.2) is 0 Å². The fourth-order valence-electron chi connectivity index (χ4n) is 1.97. The first-order chi connectivity index (χ1) is 8.70. The lowest BCUT2D eigenvalue weighted by Gasteiger charge is -2.12. The molecule has 1 N–H and O–H groups in total. The molecule has 2 atom stereocenters. The maximum atomic E-state index is 11.9. The number of rotatable bonds is 3. The molecule has 0 aromatic heterocycles. The first kappa shape index (κ1) is 12.4. The average molecular weight is 245 g/mol.